The van der Waals surface area contributed by atoms with E-state index in [0.29, 0.717) is 13.0 Å². The van der Waals surface area contributed by atoms with Gasteiger partial charge in [-0.15, -0.1) is 5.10 Å². The molecule has 1 aromatic heterocycles. The number of carboxylic acids is 1. The van der Waals surface area contributed by atoms with E-state index in [1.165, 1.54) is 0 Å². The number of aryl methyl sites for hydroxylation is 1. The molecule has 18 heavy (non-hydrogen) atoms. The predicted octanol–water partition coefficient (Wildman–Crippen LogP) is 0.704. The number of aliphatic carboxylic acids is 1. The van der Waals surface area contributed by atoms with Crippen LogP contribution in [0.4, 0.5) is 0 Å². The second kappa shape index (κ2) is 4.06. The third kappa shape index (κ3) is 1.74. The lowest BCUT2D eigenvalue weighted by Gasteiger charge is -2.10. The van der Waals surface area contributed by atoms with Gasteiger partial charge in [0.25, 0.3) is 0 Å². The number of nitrogens with one attached hydrogen (secondary N) is 1. The summed E-state index contributed by atoms with van der Waals surface area (Å²) >= 11 is 0. The highest BCUT2D eigenvalue weighted by atomic mass is 16.4. The molecule has 0 aliphatic carbocycles. The fourth-order valence-corrected chi connectivity index (χ4v) is 2.44. The molecule has 1 aliphatic heterocycles. The molecule has 2 heterocycles. The van der Waals surface area contributed by atoms with Gasteiger partial charge in [0.1, 0.15) is 5.52 Å². The lowest BCUT2D eigenvalue weighted by Crippen LogP contribution is -2.17. The van der Waals surface area contributed by atoms with Crippen molar-refractivity contribution in [2.24, 2.45) is 13.0 Å². The van der Waals surface area contributed by atoms with Crippen LogP contribution in [-0.2, 0) is 11.8 Å². The molecule has 6 heteroatoms. The van der Waals surface area contributed by atoms with Crippen molar-refractivity contribution in [1.82, 2.24) is 20.3 Å². The zero-order valence-corrected chi connectivity index (χ0v) is 10.00. The van der Waals surface area contributed by atoms with Crippen LogP contribution in [-0.4, -0.2) is 32.6 Å². The first-order chi connectivity index (χ1) is 8.65. The van der Waals surface area contributed by atoms with Crippen LogP contribution >= 0.6 is 0 Å². The lowest BCUT2D eigenvalue weighted by atomic mass is 10.00. The number of benzene rings is 1. The fraction of sp³-hybridized carbons (Fsp3) is 0.417. The Labute approximate surface area is 104 Å². The van der Waals surface area contributed by atoms with Gasteiger partial charge in [0.15, 0.2) is 0 Å². The molecular formula is C12H14N4O2. The normalized spacial score (nSPS) is 23.6. The van der Waals surface area contributed by atoms with Gasteiger partial charge in [-0.2, -0.15) is 0 Å². The molecule has 0 bridgehead atoms. The van der Waals surface area contributed by atoms with Gasteiger partial charge in [0, 0.05) is 19.6 Å². The van der Waals surface area contributed by atoms with Gasteiger partial charge >= 0.3 is 5.97 Å². The Kier molecular flexibility index (Phi) is 2.52. The number of carboxylic acid groups (broad SMARTS) is 1. The lowest BCUT2D eigenvalue weighted by molar-refractivity contribution is -0.141. The Morgan fingerprint density at radius 1 is 1.56 bits per heavy atom. The van der Waals surface area contributed by atoms with Crippen molar-refractivity contribution < 1.29 is 9.90 Å². The van der Waals surface area contributed by atoms with Gasteiger partial charge < -0.3 is 10.4 Å². The quantitative estimate of drug-likeness (QED) is 0.815. The van der Waals surface area contributed by atoms with E-state index < -0.39 is 5.97 Å². The van der Waals surface area contributed by atoms with Crippen molar-refractivity contribution in [1.29, 1.82) is 0 Å². The second-order valence-electron chi connectivity index (χ2n) is 4.69. The minimum atomic E-state index is -0.728. The Morgan fingerprint density at radius 3 is 3.11 bits per heavy atom. The summed E-state index contributed by atoms with van der Waals surface area (Å²) in [5.74, 6) is -1.02. The van der Waals surface area contributed by atoms with E-state index in [4.69, 9.17) is 5.11 Å². The number of hydrogen-bond acceptors (Lipinski definition) is 4. The van der Waals surface area contributed by atoms with Crippen molar-refractivity contribution >= 4 is 17.0 Å². The van der Waals surface area contributed by atoms with Crippen molar-refractivity contribution in [3.8, 4) is 0 Å². The molecule has 2 aromatic rings. The van der Waals surface area contributed by atoms with Gasteiger partial charge in [-0.05, 0) is 24.1 Å². The largest absolute Gasteiger partial charge is 0.481 e. The molecule has 1 fully saturated rings. The molecule has 2 N–H and O–H groups in total. The molecule has 0 saturated carbocycles. The van der Waals surface area contributed by atoms with E-state index in [2.05, 4.69) is 15.6 Å². The summed E-state index contributed by atoms with van der Waals surface area (Å²) in [5.41, 5.74) is 2.92. The first-order valence-electron chi connectivity index (χ1n) is 5.90. The molecule has 3 rings (SSSR count). The number of aromatic nitrogens is 3. The molecule has 2 atom stereocenters. The van der Waals surface area contributed by atoms with Crippen LogP contribution < -0.4 is 5.32 Å². The summed E-state index contributed by atoms with van der Waals surface area (Å²) < 4.78 is 1.72. The first-order valence-corrected chi connectivity index (χ1v) is 5.90. The van der Waals surface area contributed by atoms with Crippen molar-refractivity contribution in [3.63, 3.8) is 0 Å². The highest BCUT2D eigenvalue weighted by molar-refractivity contribution is 5.75. The average molecular weight is 246 g/mol. The second-order valence-corrected chi connectivity index (χ2v) is 4.69. The van der Waals surface area contributed by atoms with Gasteiger partial charge in [0.2, 0.25) is 0 Å². The molecule has 1 aromatic carbocycles. The standard InChI is InChI=1S/C12H14N4O2/c1-16-11-5-7(2-3-9(11)14-15-16)10-4-8(6-13-10)12(17)18/h2-3,5,8,10,13H,4,6H2,1H3,(H,17,18). The minimum absolute atomic E-state index is 0.102. The van der Waals surface area contributed by atoms with E-state index in [1.54, 1.807) is 4.68 Å². The van der Waals surface area contributed by atoms with Crippen LogP contribution in [0.2, 0.25) is 0 Å². The Bertz CT molecular complexity index is 607. The Hall–Kier alpha value is -1.95. The van der Waals surface area contributed by atoms with Crippen molar-refractivity contribution in [2.75, 3.05) is 6.54 Å². The SMILES string of the molecule is Cn1nnc2ccc(C3CC(C(=O)O)CN3)cc21. The smallest absolute Gasteiger partial charge is 0.307 e. The maximum absolute atomic E-state index is 10.9. The fourth-order valence-electron chi connectivity index (χ4n) is 2.44. The third-order valence-corrected chi connectivity index (χ3v) is 3.52. The molecule has 94 valence electrons. The molecule has 2 unspecified atom stereocenters. The number of hydrogen-bond donors (Lipinski definition) is 2. The number of carbonyl (C=O) groups is 1. The van der Waals surface area contributed by atoms with E-state index in [-0.39, 0.29) is 12.0 Å². The molecule has 6 nitrogen and oxygen atoms in total. The molecular weight excluding hydrogens is 232 g/mol. The molecule has 1 aliphatic rings. The van der Waals surface area contributed by atoms with E-state index >= 15 is 0 Å². The third-order valence-electron chi connectivity index (χ3n) is 3.52. The van der Waals surface area contributed by atoms with E-state index in [1.807, 2.05) is 25.2 Å². The van der Waals surface area contributed by atoms with Crippen LogP contribution in [0, 0.1) is 5.92 Å². The molecule has 0 radical (unpaired) electrons. The summed E-state index contributed by atoms with van der Waals surface area (Å²) in [5, 5.41) is 20.2. The highest BCUT2D eigenvalue weighted by Gasteiger charge is 2.30. The Balaban J connectivity index is 1.91. The summed E-state index contributed by atoms with van der Waals surface area (Å²) in [6.45, 7) is 0.529. The van der Waals surface area contributed by atoms with E-state index in [0.717, 1.165) is 16.6 Å². The van der Waals surface area contributed by atoms with Crippen LogP contribution in [0.1, 0.15) is 18.0 Å². The average Bonchev–Trinajstić information content (AvgIpc) is 2.96. The zero-order valence-electron chi connectivity index (χ0n) is 10.00. The summed E-state index contributed by atoms with van der Waals surface area (Å²) in [6.07, 6.45) is 0.631. The van der Waals surface area contributed by atoms with Crippen LogP contribution in [0.5, 0.6) is 0 Å². The molecule has 1 saturated heterocycles. The predicted molar refractivity (Wildman–Crippen MR) is 65.0 cm³/mol. The number of fused-ring (bicyclic) bond motifs is 1. The maximum atomic E-state index is 10.9. The molecule has 0 spiro atoms. The molecule has 0 amide bonds. The maximum Gasteiger partial charge on any atom is 0.307 e. The summed E-state index contributed by atoms with van der Waals surface area (Å²) in [4.78, 5) is 10.9. The zero-order chi connectivity index (χ0) is 12.7. The van der Waals surface area contributed by atoms with Crippen molar-refractivity contribution in [3.05, 3.63) is 23.8 Å². The van der Waals surface area contributed by atoms with Gasteiger partial charge in [-0.25, -0.2) is 4.68 Å². The van der Waals surface area contributed by atoms with E-state index in [9.17, 15) is 4.79 Å². The van der Waals surface area contributed by atoms with Gasteiger partial charge in [-0.1, -0.05) is 11.3 Å². The number of nitrogens with zero attached hydrogens (tertiary/aromatic N) is 3. The monoisotopic (exact) mass is 246 g/mol. The summed E-state index contributed by atoms with van der Waals surface area (Å²) in [6, 6.07) is 6.04. The van der Waals surface area contributed by atoms with Crippen LogP contribution in [0.15, 0.2) is 18.2 Å². The summed E-state index contributed by atoms with van der Waals surface area (Å²) in [7, 11) is 1.85. The van der Waals surface area contributed by atoms with Gasteiger partial charge in [-0.3, -0.25) is 4.79 Å². The van der Waals surface area contributed by atoms with Crippen LogP contribution in [0.25, 0.3) is 11.0 Å². The van der Waals surface area contributed by atoms with Crippen molar-refractivity contribution in [2.45, 2.75) is 12.5 Å². The van der Waals surface area contributed by atoms with Gasteiger partial charge in [0.05, 0.1) is 11.4 Å². The minimum Gasteiger partial charge on any atom is -0.481 e. The highest BCUT2D eigenvalue weighted by Crippen LogP contribution is 2.28. The number of rotatable bonds is 2. The Morgan fingerprint density at radius 2 is 2.39 bits per heavy atom. The topological polar surface area (TPSA) is 80.0 Å². The van der Waals surface area contributed by atoms with Crippen LogP contribution in [0.3, 0.4) is 0 Å². The first kappa shape index (κ1) is 11.2.